The number of likely N-dealkylation sites (tertiary alicyclic amines) is 1. The van der Waals surface area contributed by atoms with Gasteiger partial charge in [0.05, 0.1) is 0 Å². The number of carboxylic acid groups (broad SMARTS) is 1. The number of carboxylic acids is 1. The van der Waals surface area contributed by atoms with Crippen LogP contribution in [0.5, 0.6) is 0 Å². The van der Waals surface area contributed by atoms with Crippen LogP contribution in [0.4, 0.5) is 4.79 Å². The van der Waals surface area contributed by atoms with Gasteiger partial charge in [-0.1, -0.05) is 0 Å². The molecular weight excluding hydrogens is 224 g/mol. The Kier molecular flexibility index (Phi) is 4.34. The van der Waals surface area contributed by atoms with E-state index < -0.39 is 12.0 Å². The first kappa shape index (κ1) is 13.8. The van der Waals surface area contributed by atoms with Gasteiger partial charge in [0.2, 0.25) is 0 Å². The first-order chi connectivity index (χ1) is 7.88. The van der Waals surface area contributed by atoms with Crippen LogP contribution in [0.1, 0.15) is 33.1 Å². The van der Waals surface area contributed by atoms with Gasteiger partial charge in [-0.15, -0.1) is 0 Å². The summed E-state index contributed by atoms with van der Waals surface area (Å²) in [5.41, 5.74) is -0.230. The van der Waals surface area contributed by atoms with Crippen LogP contribution >= 0.6 is 0 Å². The Balaban J connectivity index is 2.61. The van der Waals surface area contributed by atoms with Gasteiger partial charge < -0.3 is 20.4 Å². The Labute approximate surface area is 101 Å². The maximum absolute atomic E-state index is 11.9. The molecule has 0 radical (unpaired) electrons. The molecule has 1 heterocycles. The second kappa shape index (κ2) is 5.35. The highest BCUT2D eigenvalue weighted by Crippen LogP contribution is 2.27. The lowest BCUT2D eigenvalue weighted by molar-refractivity contribution is -0.139. The summed E-state index contributed by atoms with van der Waals surface area (Å²) in [6, 6.07) is -1.39. The number of hydrogen-bond donors (Lipinski definition) is 3. The quantitative estimate of drug-likeness (QED) is 0.668. The van der Waals surface area contributed by atoms with Crippen LogP contribution in [0.25, 0.3) is 0 Å². The van der Waals surface area contributed by atoms with E-state index in [2.05, 4.69) is 5.32 Å². The molecule has 0 aliphatic carbocycles. The van der Waals surface area contributed by atoms with Gasteiger partial charge >= 0.3 is 12.0 Å². The number of aliphatic carboxylic acids is 1. The molecule has 1 saturated heterocycles. The number of carbonyl (C=O) groups excluding carboxylic acids is 1. The van der Waals surface area contributed by atoms with Crippen molar-refractivity contribution >= 4 is 12.0 Å². The summed E-state index contributed by atoms with van der Waals surface area (Å²) in [4.78, 5) is 24.4. The van der Waals surface area contributed by atoms with Gasteiger partial charge in [-0.2, -0.15) is 0 Å². The molecule has 0 saturated carbocycles. The SMILES string of the molecule is CC1(C)CCCN1C(=O)N[C@H](CCO)C(=O)O. The van der Waals surface area contributed by atoms with Crippen molar-refractivity contribution in [2.75, 3.05) is 13.2 Å². The summed E-state index contributed by atoms with van der Waals surface area (Å²) in [5, 5.41) is 20.1. The molecule has 2 amide bonds. The van der Waals surface area contributed by atoms with E-state index in [4.69, 9.17) is 10.2 Å². The van der Waals surface area contributed by atoms with Gasteiger partial charge in [-0.3, -0.25) is 0 Å². The lowest BCUT2D eigenvalue weighted by Gasteiger charge is -2.32. The van der Waals surface area contributed by atoms with Crippen molar-refractivity contribution in [1.82, 2.24) is 10.2 Å². The predicted octanol–water partition coefficient (Wildman–Crippen LogP) is 0.406. The number of urea groups is 1. The van der Waals surface area contributed by atoms with Crippen LogP contribution in [0.3, 0.4) is 0 Å². The van der Waals surface area contributed by atoms with Crippen LogP contribution in [-0.4, -0.2) is 51.8 Å². The molecule has 1 fully saturated rings. The van der Waals surface area contributed by atoms with Crippen LogP contribution in [0.2, 0.25) is 0 Å². The van der Waals surface area contributed by atoms with E-state index in [1.807, 2.05) is 13.8 Å². The second-order valence-electron chi connectivity index (χ2n) is 4.92. The molecule has 0 unspecified atom stereocenters. The Morgan fingerprint density at radius 3 is 2.53 bits per heavy atom. The Hall–Kier alpha value is -1.30. The molecule has 3 N–H and O–H groups in total. The van der Waals surface area contributed by atoms with Gasteiger partial charge in [-0.05, 0) is 26.7 Å². The Morgan fingerprint density at radius 1 is 1.47 bits per heavy atom. The van der Waals surface area contributed by atoms with E-state index in [-0.39, 0.29) is 24.6 Å². The zero-order valence-corrected chi connectivity index (χ0v) is 10.3. The van der Waals surface area contributed by atoms with Crippen molar-refractivity contribution in [3.8, 4) is 0 Å². The molecule has 0 aromatic rings. The lowest BCUT2D eigenvalue weighted by atomic mass is 10.0. The molecule has 0 spiro atoms. The molecule has 1 atom stereocenters. The summed E-state index contributed by atoms with van der Waals surface area (Å²) in [5.74, 6) is -1.12. The van der Waals surface area contributed by atoms with E-state index >= 15 is 0 Å². The molecule has 6 nitrogen and oxygen atoms in total. The molecule has 0 aromatic heterocycles. The molecule has 6 heteroatoms. The Bertz CT molecular complexity index is 304. The van der Waals surface area contributed by atoms with E-state index in [1.165, 1.54) is 0 Å². The number of aliphatic hydroxyl groups excluding tert-OH is 1. The lowest BCUT2D eigenvalue weighted by Crippen LogP contribution is -2.52. The van der Waals surface area contributed by atoms with Crippen LogP contribution < -0.4 is 5.32 Å². The number of nitrogens with one attached hydrogen (secondary N) is 1. The molecule has 1 aliphatic heterocycles. The number of amides is 2. The monoisotopic (exact) mass is 244 g/mol. The molecule has 0 bridgehead atoms. The molecular formula is C11H20N2O4. The fraction of sp³-hybridized carbons (Fsp3) is 0.818. The van der Waals surface area contributed by atoms with E-state index in [9.17, 15) is 9.59 Å². The number of aliphatic hydroxyl groups is 1. The largest absolute Gasteiger partial charge is 0.480 e. The van der Waals surface area contributed by atoms with Gasteiger partial charge in [0.1, 0.15) is 6.04 Å². The predicted molar refractivity (Wildman–Crippen MR) is 61.7 cm³/mol. The maximum atomic E-state index is 11.9. The van der Waals surface area contributed by atoms with Crippen molar-refractivity contribution < 1.29 is 19.8 Å². The van der Waals surface area contributed by atoms with Gasteiger partial charge in [0.25, 0.3) is 0 Å². The molecule has 0 aromatic carbocycles. The zero-order valence-electron chi connectivity index (χ0n) is 10.3. The maximum Gasteiger partial charge on any atom is 0.326 e. The third-order valence-electron chi connectivity index (χ3n) is 3.16. The summed E-state index contributed by atoms with van der Waals surface area (Å²) < 4.78 is 0. The normalized spacial score (nSPS) is 20.1. The Morgan fingerprint density at radius 2 is 2.12 bits per heavy atom. The highest BCUT2D eigenvalue weighted by Gasteiger charge is 2.36. The van der Waals surface area contributed by atoms with E-state index in [1.54, 1.807) is 4.90 Å². The van der Waals surface area contributed by atoms with Gasteiger partial charge in [0, 0.05) is 25.1 Å². The summed E-state index contributed by atoms with van der Waals surface area (Å²) in [6.45, 7) is 4.30. The van der Waals surface area contributed by atoms with Crippen molar-refractivity contribution in [2.45, 2.75) is 44.7 Å². The number of hydrogen-bond acceptors (Lipinski definition) is 3. The number of rotatable bonds is 4. The first-order valence-electron chi connectivity index (χ1n) is 5.80. The van der Waals surface area contributed by atoms with E-state index in [0.717, 1.165) is 12.8 Å². The third-order valence-corrected chi connectivity index (χ3v) is 3.16. The van der Waals surface area contributed by atoms with Crippen LogP contribution in [0.15, 0.2) is 0 Å². The second-order valence-corrected chi connectivity index (χ2v) is 4.92. The fourth-order valence-electron chi connectivity index (χ4n) is 2.10. The van der Waals surface area contributed by atoms with Crippen molar-refractivity contribution in [3.05, 3.63) is 0 Å². The molecule has 98 valence electrons. The minimum Gasteiger partial charge on any atom is -0.480 e. The minimum atomic E-state index is -1.12. The van der Waals surface area contributed by atoms with Crippen molar-refractivity contribution in [3.63, 3.8) is 0 Å². The third kappa shape index (κ3) is 3.33. The summed E-state index contributed by atoms with van der Waals surface area (Å²) in [6.07, 6.45) is 1.87. The van der Waals surface area contributed by atoms with Gasteiger partial charge in [-0.25, -0.2) is 9.59 Å². The van der Waals surface area contributed by atoms with E-state index in [0.29, 0.717) is 6.54 Å². The zero-order chi connectivity index (χ0) is 13.1. The molecule has 1 rings (SSSR count). The summed E-state index contributed by atoms with van der Waals surface area (Å²) >= 11 is 0. The topological polar surface area (TPSA) is 89.9 Å². The first-order valence-corrected chi connectivity index (χ1v) is 5.80. The smallest absolute Gasteiger partial charge is 0.326 e. The fourth-order valence-corrected chi connectivity index (χ4v) is 2.10. The number of carbonyl (C=O) groups is 2. The van der Waals surface area contributed by atoms with Crippen LogP contribution in [-0.2, 0) is 4.79 Å². The van der Waals surface area contributed by atoms with Crippen LogP contribution in [0, 0.1) is 0 Å². The average molecular weight is 244 g/mol. The number of nitrogens with zero attached hydrogens (tertiary/aromatic N) is 1. The highest BCUT2D eigenvalue weighted by molar-refractivity contribution is 5.83. The van der Waals surface area contributed by atoms with Gasteiger partial charge in [0.15, 0.2) is 0 Å². The molecule has 1 aliphatic rings. The standard InChI is InChI=1S/C11H20N2O4/c1-11(2)5-3-6-13(11)10(17)12-8(4-7-14)9(15)16/h8,14H,3-7H2,1-2H3,(H,12,17)(H,15,16)/t8-/m1/s1. The van der Waals surface area contributed by atoms with Crippen molar-refractivity contribution in [1.29, 1.82) is 0 Å². The summed E-state index contributed by atoms with van der Waals surface area (Å²) in [7, 11) is 0. The highest BCUT2D eigenvalue weighted by atomic mass is 16.4. The molecule has 17 heavy (non-hydrogen) atoms. The van der Waals surface area contributed by atoms with Crippen molar-refractivity contribution in [2.24, 2.45) is 0 Å². The average Bonchev–Trinajstić information content (AvgIpc) is 2.57. The minimum absolute atomic E-state index is 0.0232.